The Hall–Kier alpha value is -2.08. The number of methoxy groups -OCH3 is 1. The quantitative estimate of drug-likeness (QED) is 0.853. The first kappa shape index (κ1) is 17.3. The van der Waals surface area contributed by atoms with Crippen LogP contribution < -0.4 is 15.4 Å². The SMILES string of the molecule is COc1cccc(C[C@H](C)NC(=O)NCc2sc(C)nc2C)c1. The van der Waals surface area contributed by atoms with Gasteiger partial charge in [0.1, 0.15) is 5.75 Å². The number of aryl methyl sites for hydroxylation is 2. The average Bonchev–Trinajstić information content (AvgIpc) is 2.83. The summed E-state index contributed by atoms with van der Waals surface area (Å²) < 4.78 is 5.21. The number of carbonyl (C=O) groups is 1. The summed E-state index contributed by atoms with van der Waals surface area (Å²) in [6.45, 7) is 6.43. The molecule has 0 fully saturated rings. The minimum atomic E-state index is -0.161. The van der Waals surface area contributed by atoms with Crippen molar-refractivity contribution in [2.75, 3.05) is 7.11 Å². The van der Waals surface area contributed by atoms with Crippen LogP contribution in [0.4, 0.5) is 4.79 Å². The van der Waals surface area contributed by atoms with Gasteiger partial charge in [-0.05, 0) is 44.9 Å². The molecule has 5 nitrogen and oxygen atoms in total. The molecule has 2 rings (SSSR count). The van der Waals surface area contributed by atoms with Crippen LogP contribution in [0.3, 0.4) is 0 Å². The molecule has 0 radical (unpaired) electrons. The molecule has 0 aliphatic heterocycles. The van der Waals surface area contributed by atoms with E-state index < -0.39 is 0 Å². The first-order chi connectivity index (χ1) is 11.0. The first-order valence-electron chi connectivity index (χ1n) is 7.58. The number of nitrogens with one attached hydrogen (secondary N) is 2. The normalized spacial score (nSPS) is 11.8. The van der Waals surface area contributed by atoms with Crippen LogP contribution in [0.5, 0.6) is 5.75 Å². The summed E-state index contributed by atoms with van der Waals surface area (Å²) in [6, 6.07) is 7.75. The topological polar surface area (TPSA) is 63.2 Å². The molecular weight excluding hydrogens is 310 g/mol. The molecule has 1 heterocycles. The highest BCUT2D eigenvalue weighted by Gasteiger charge is 2.10. The number of benzene rings is 1. The van der Waals surface area contributed by atoms with Gasteiger partial charge in [-0.15, -0.1) is 11.3 Å². The smallest absolute Gasteiger partial charge is 0.315 e. The van der Waals surface area contributed by atoms with Crippen molar-refractivity contribution in [1.82, 2.24) is 15.6 Å². The van der Waals surface area contributed by atoms with Crippen LogP contribution in [0.2, 0.25) is 0 Å². The number of ether oxygens (including phenoxy) is 1. The Morgan fingerprint density at radius 2 is 2.17 bits per heavy atom. The number of carbonyl (C=O) groups excluding carboxylic acids is 1. The summed E-state index contributed by atoms with van der Waals surface area (Å²) in [7, 11) is 1.65. The maximum absolute atomic E-state index is 12.0. The van der Waals surface area contributed by atoms with Gasteiger partial charge in [0.15, 0.2) is 0 Å². The highest BCUT2D eigenvalue weighted by atomic mass is 32.1. The second kappa shape index (κ2) is 7.97. The molecule has 23 heavy (non-hydrogen) atoms. The first-order valence-corrected chi connectivity index (χ1v) is 8.39. The van der Waals surface area contributed by atoms with Gasteiger partial charge in [-0.1, -0.05) is 12.1 Å². The number of hydrogen-bond acceptors (Lipinski definition) is 4. The summed E-state index contributed by atoms with van der Waals surface area (Å²) in [5, 5.41) is 6.86. The molecule has 1 atom stereocenters. The molecular formula is C17H23N3O2S. The third-order valence-electron chi connectivity index (χ3n) is 3.46. The van der Waals surface area contributed by atoms with Gasteiger partial charge in [0, 0.05) is 10.9 Å². The van der Waals surface area contributed by atoms with Gasteiger partial charge in [-0.3, -0.25) is 0 Å². The van der Waals surface area contributed by atoms with Gasteiger partial charge < -0.3 is 15.4 Å². The Morgan fingerprint density at radius 3 is 2.83 bits per heavy atom. The Balaban J connectivity index is 1.81. The lowest BCUT2D eigenvalue weighted by Gasteiger charge is -2.15. The lowest BCUT2D eigenvalue weighted by atomic mass is 10.1. The fourth-order valence-electron chi connectivity index (χ4n) is 2.38. The van der Waals surface area contributed by atoms with E-state index in [0.29, 0.717) is 6.54 Å². The molecule has 0 bridgehead atoms. The highest BCUT2D eigenvalue weighted by Crippen LogP contribution is 2.16. The van der Waals surface area contributed by atoms with E-state index in [2.05, 4.69) is 15.6 Å². The lowest BCUT2D eigenvalue weighted by Crippen LogP contribution is -2.41. The van der Waals surface area contributed by atoms with E-state index in [9.17, 15) is 4.79 Å². The number of nitrogens with zero attached hydrogens (tertiary/aromatic N) is 1. The predicted octanol–water partition coefficient (Wildman–Crippen LogP) is 3.20. The Morgan fingerprint density at radius 1 is 1.39 bits per heavy atom. The van der Waals surface area contributed by atoms with Crippen LogP contribution in [0.15, 0.2) is 24.3 Å². The molecule has 2 aromatic rings. The standard InChI is InChI=1S/C17H23N3O2S/c1-11(8-14-6-5-7-15(9-14)22-4)19-17(21)18-10-16-12(2)20-13(3)23-16/h5-7,9,11H,8,10H2,1-4H3,(H2,18,19,21)/t11-/m0/s1. The summed E-state index contributed by atoms with van der Waals surface area (Å²) in [5.74, 6) is 0.829. The van der Waals surface area contributed by atoms with Crippen molar-refractivity contribution in [3.63, 3.8) is 0 Å². The molecule has 0 saturated carbocycles. The molecule has 1 aromatic carbocycles. The maximum atomic E-state index is 12.0. The van der Waals surface area contributed by atoms with Crippen LogP contribution in [0.25, 0.3) is 0 Å². The van der Waals surface area contributed by atoms with E-state index in [0.717, 1.165) is 33.3 Å². The molecule has 2 N–H and O–H groups in total. The van der Waals surface area contributed by atoms with Gasteiger partial charge in [0.05, 0.1) is 24.4 Å². The van der Waals surface area contributed by atoms with Gasteiger partial charge in [0.2, 0.25) is 0 Å². The number of amides is 2. The molecule has 0 saturated heterocycles. The number of rotatable bonds is 6. The summed E-state index contributed by atoms with van der Waals surface area (Å²) in [6.07, 6.45) is 0.753. The van der Waals surface area contributed by atoms with Crippen LogP contribution in [0, 0.1) is 13.8 Å². The van der Waals surface area contributed by atoms with Crippen LogP contribution in [0.1, 0.15) is 28.1 Å². The Labute approximate surface area is 141 Å². The summed E-state index contributed by atoms with van der Waals surface area (Å²) in [4.78, 5) is 17.4. The predicted molar refractivity (Wildman–Crippen MR) is 93.1 cm³/mol. The number of aromatic nitrogens is 1. The van der Waals surface area contributed by atoms with E-state index >= 15 is 0 Å². The van der Waals surface area contributed by atoms with Gasteiger partial charge >= 0.3 is 6.03 Å². The van der Waals surface area contributed by atoms with Crippen molar-refractivity contribution < 1.29 is 9.53 Å². The zero-order valence-corrected chi connectivity index (χ0v) is 14.8. The van der Waals surface area contributed by atoms with E-state index in [-0.39, 0.29) is 12.1 Å². The van der Waals surface area contributed by atoms with Crippen molar-refractivity contribution in [2.45, 2.75) is 39.8 Å². The minimum Gasteiger partial charge on any atom is -0.497 e. The molecule has 1 aromatic heterocycles. The van der Waals surface area contributed by atoms with Crippen LogP contribution >= 0.6 is 11.3 Å². The molecule has 0 unspecified atom stereocenters. The Kier molecular flexibility index (Phi) is 5.98. The van der Waals surface area contributed by atoms with E-state index in [1.807, 2.05) is 45.0 Å². The van der Waals surface area contributed by atoms with E-state index in [1.54, 1.807) is 18.4 Å². The van der Waals surface area contributed by atoms with Gasteiger partial charge in [0.25, 0.3) is 0 Å². The van der Waals surface area contributed by atoms with Crippen LogP contribution in [-0.4, -0.2) is 24.2 Å². The average molecular weight is 333 g/mol. The summed E-state index contributed by atoms with van der Waals surface area (Å²) >= 11 is 1.61. The zero-order chi connectivity index (χ0) is 16.8. The summed E-state index contributed by atoms with van der Waals surface area (Å²) in [5.41, 5.74) is 2.11. The van der Waals surface area contributed by atoms with Gasteiger partial charge in [-0.25, -0.2) is 9.78 Å². The van der Waals surface area contributed by atoms with Crippen molar-refractivity contribution >= 4 is 17.4 Å². The van der Waals surface area contributed by atoms with Crippen molar-refractivity contribution in [3.05, 3.63) is 45.4 Å². The second-order valence-corrected chi connectivity index (χ2v) is 6.81. The molecule has 0 spiro atoms. The molecule has 6 heteroatoms. The fraction of sp³-hybridized carbons (Fsp3) is 0.412. The monoisotopic (exact) mass is 333 g/mol. The van der Waals surface area contributed by atoms with Crippen molar-refractivity contribution in [2.24, 2.45) is 0 Å². The number of urea groups is 1. The largest absolute Gasteiger partial charge is 0.497 e. The minimum absolute atomic E-state index is 0.0337. The second-order valence-electron chi connectivity index (χ2n) is 5.53. The molecule has 0 aliphatic carbocycles. The highest BCUT2D eigenvalue weighted by molar-refractivity contribution is 7.11. The van der Waals surface area contributed by atoms with Crippen molar-refractivity contribution in [3.8, 4) is 5.75 Å². The third kappa shape index (κ3) is 5.25. The third-order valence-corrected chi connectivity index (χ3v) is 4.54. The maximum Gasteiger partial charge on any atom is 0.315 e. The number of thiazole rings is 1. The lowest BCUT2D eigenvalue weighted by molar-refractivity contribution is 0.237. The van der Waals surface area contributed by atoms with E-state index in [4.69, 9.17) is 4.74 Å². The van der Waals surface area contributed by atoms with Crippen molar-refractivity contribution in [1.29, 1.82) is 0 Å². The van der Waals surface area contributed by atoms with Gasteiger partial charge in [-0.2, -0.15) is 0 Å². The fourth-order valence-corrected chi connectivity index (χ4v) is 3.25. The number of hydrogen-bond donors (Lipinski definition) is 2. The molecule has 124 valence electrons. The molecule has 0 aliphatic rings. The van der Waals surface area contributed by atoms with Crippen LogP contribution in [-0.2, 0) is 13.0 Å². The zero-order valence-electron chi connectivity index (χ0n) is 14.0. The Bertz CT molecular complexity index is 670. The van der Waals surface area contributed by atoms with E-state index in [1.165, 1.54) is 0 Å². The molecule has 2 amide bonds.